The van der Waals surface area contributed by atoms with Crippen molar-refractivity contribution >= 4 is 50.0 Å². The van der Waals surface area contributed by atoms with E-state index >= 15 is 0 Å². The van der Waals surface area contributed by atoms with E-state index in [1.165, 1.54) is 6.26 Å². The van der Waals surface area contributed by atoms with E-state index in [1.54, 1.807) is 4.31 Å². The number of aromatic nitrogens is 1. The van der Waals surface area contributed by atoms with Crippen LogP contribution in [-0.4, -0.2) is 228 Å². The third-order valence-corrected chi connectivity index (χ3v) is 15.2. The van der Waals surface area contributed by atoms with Crippen molar-refractivity contribution in [3.8, 4) is 5.75 Å². The summed E-state index contributed by atoms with van der Waals surface area (Å²) in [6, 6.07) is 22.1. The van der Waals surface area contributed by atoms with Gasteiger partial charge in [-0.1, -0.05) is 54.4 Å². The van der Waals surface area contributed by atoms with E-state index < -0.39 is 10.0 Å². The highest BCUT2D eigenvalue weighted by atomic mass is 35.5. The van der Waals surface area contributed by atoms with Crippen LogP contribution in [0.15, 0.2) is 72.9 Å². The molecule has 0 aliphatic carbocycles. The average molecular weight is 1260 g/mol. The minimum Gasteiger partial charge on any atom is -0.489 e. The van der Waals surface area contributed by atoms with E-state index in [0.717, 1.165) is 71.9 Å². The Morgan fingerprint density at radius 2 is 0.941 bits per heavy atom. The lowest BCUT2D eigenvalue weighted by molar-refractivity contribution is -0.122. The molecule has 0 bridgehead atoms. The second-order valence-corrected chi connectivity index (χ2v) is 22.8. The molecule has 5 rings (SSSR count). The fourth-order valence-corrected chi connectivity index (χ4v) is 10.2. The first-order valence-corrected chi connectivity index (χ1v) is 32.5. The molecule has 0 atom stereocenters. The number of amides is 1. The van der Waals surface area contributed by atoms with Gasteiger partial charge in [0.15, 0.2) is 0 Å². The zero-order valence-electron chi connectivity index (χ0n) is 50.0. The van der Waals surface area contributed by atoms with Crippen molar-refractivity contribution in [1.82, 2.24) is 14.6 Å². The van der Waals surface area contributed by atoms with E-state index in [1.807, 2.05) is 54.7 Å². The van der Waals surface area contributed by atoms with Crippen LogP contribution in [-0.2, 0) is 82.8 Å². The Morgan fingerprint density at radius 3 is 1.35 bits per heavy atom. The van der Waals surface area contributed by atoms with Gasteiger partial charge in [-0.15, -0.1) is 0 Å². The molecule has 23 heteroatoms. The van der Waals surface area contributed by atoms with Gasteiger partial charge in [-0.05, 0) is 103 Å². The second kappa shape index (κ2) is 45.5. The zero-order valence-corrected chi connectivity index (χ0v) is 52.4. The van der Waals surface area contributed by atoms with Gasteiger partial charge in [-0.2, -0.15) is 0 Å². The van der Waals surface area contributed by atoms with E-state index in [9.17, 15) is 13.2 Å². The van der Waals surface area contributed by atoms with Crippen LogP contribution in [0.25, 0.3) is 10.9 Å². The fourth-order valence-electron chi connectivity index (χ4n) is 9.03. The van der Waals surface area contributed by atoms with E-state index in [0.29, 0.717) is 220 Å². The Balaban J connectivity index is 0.804. The van der Waals surface area contributed by atoms with Crippen molar-refractivity contribution in [2.24, 2.45) is 5.92 Å². The molecule has 85 heavy (non-hydrogen) atoms. The maximum Gasteiger partial charge on any atom is 0.222 e. The largest absolute Gasteiger partial charge is 0.489 e. The molecule has 1 aliphatic rings. The summed E-state index contributed by atoms with van der Waals surface area (Å²) >= 11 is 12.7. The van der Waals surface area contributed by atoms with Gasteiger partial charge in [-0.25, -0.2) is 12.7 Å². The fraction of sp³-hybridized carbons (Fsp3) is 0.645. The number of rotatable bonds is 52. The minimum absolute atomic E-state index is 0.0205. The Kier molecular flexibility index (Phi) is 38.6. The molecule has 1 N–H and O–H groups in total. The maximum atomic E-state index is 12.2. The van der Waals surface area contributed by atoms with Crippen LogP contribution in [0.4, 0.5) is 0 Å². The van der Waals surface area contributed by atoms with Gasteiger partial charge in [0.2, 0.25) is 15.9 Å². The highest BCUT2D eigenvalue weighted by Crippen LogP contribution is 2.39. The number of halogens is 2. The standard InChI is InChI=1S/C62H93Cl2N3O17S/c1-3-21-71-22-4-17-65-60(68)16-23-72-24-25-73-26-27-74-28-29-75-30-31-76-32-33-77-34-35-78-36-37-79-38-39-80-40-41-81-42-43-82-44-45-83-46-47-84-59-50-55(61(52-5-9-56(63)10-6-52)53-7-11-57(64)12-8-53)49-58-54(13-18-66-62(58)59)48-51-14-19-67(20-15-51)85(2,69)70/h5-13,18,49-51,61H,3-4,14-17,19-48H2,1-2H3,(H,65,68). The quantitative estimate of drug-likeness (QED) is 0.0330. The second-order valence-electron chi connectivity index (χ2n) is 20.0. The van der Waals surface area contributed by atoms with Gasteiger partial charge < -0.3 is 71.6 Å². The van der Waals surface area contributed by atoms with Crippen LogP contribution in [0.5, 0.6) is 5.75 Å². The first-order chi connectivity index (χ1) is 41.6. The molecule has 0 saturated carbocycles. The maximum absolute atomic E-state index is 12.2. The van der Waals surface area contributed by atoms with E-state index in [4.69, 9.17) is 94.5 Å². The number of piperidine rings is 1. The number of ether oxygens (including phenoxy) is 14. The third kappa shape index (κ3) is 31.9. The highest BCUT2D eigenvalue weighted by molar-refractivity contribution is 7.88. The number of fused-ring (bicyclic) bond motifs is 1. The first kappa shape index (κ1) is 72.1. The van der Waals surface area contributed by atoms with Crippen LogP contribution in [0.1, 0.15) is 67.2 Å². The predicted octanol–water partition coefficient (Wildman–Crippen LogP) is 7.84. The average Bonchev–Trinajstić information content (AvgIpc) is 2.42. The molecule has 1 amide bonds. The summed E-state index contributed by atoms with van der Waals surface area (Å²) in [5.74, 6) is 0.796. The molecule has 1 fully saturated rings. The Labute approximate surface area is 514 Å². The van der Waals surface area contributed by atoms with E-state index in [2.05, 4.69) is 30.4 Å². The molecule has 1 aliphatic heterocycles. The monoisotopic (exact) mass is 1250 g/mol. The van der Waals surface area contributed by atoms with E-state index in [-0.39, 0.29) is 11.8 Å². The summed E-state index contributed by atoms with van der Waals surface area (Å²) in [6.07, 6.45) is 7.61. The van der Waals surface area contributed by atoms with Crippen molar-refractivity contribution in [3.05, 3.63) is 105 Å². The molecular weight excluding hydrogens is 1160 g/mol. The van der Waals surface area contributed by atoms with Crippen molar-refractivity contribution in [1.29, 1.82) is 0 Å². The number of nitrogens with zero attached hydrogens (tertiary/aromatic N) is 2. The number of nitrogens with one attached hydrogen (secondary N) is 1. The van der Waals surface area contributed by atoms with Crippen LogP contribution >= 0.6 is 23.2 Å². The number of hydrogen-bond donors (Lipinski definition) is 1. The van der Waals surface area contributed by atoms with Crippen LogP contribution in [0, 0.1) is 5.92 Å². The van der Waals surface area contributed by atoms with Crippen molar-refractivity contribution in [2.45, 2.75) is 51.4 Å². The summed E-state index contributed by atoms with van der Waals surface area (Å²) in [4.78, 5) is 16.6. The summed E-state index contributed by atoms with van der Waals surface area (Å²) in [6.45, 7) is 16.2. The Bertz CT molecular complexity index is 2420. The Hall–Kier alpha value is -3.69. The number of hydrogen-bond acceptors (Lipinski definition) is 18. The molecule has 0 unspecified atom stereocenters. The zero-order chi connectivity index (χ0) is 60.3. The highest BCUT2D eigenvalue weighted by Gasteiger charge is 2.27. The normalized spacial score (nSPS) is 13.4. The van der Waals surface area contributed by atoms with Gasteiger partial charge in [0.1, 0.15) is 17.9 Å². The van der Waals surface area contributed by atoms with Crippen LogP contribution in [0.3, 0.4) is 0 Å². The lowest BCUT2D eigenvalue weighted by Crippen LogP contribution is -2.38. The third-order valence-electron chi connectivity index (χ3n) is 13.4. The van der Waals surface area contributed by atoms with Gasteiger partial charge in [0, 0.05) is 66.8 Å². The van der Waals surface area contributed by atoms with Gasteiger partial charge >= 0.3 is 0 Å². The first-order valence-electron chi connectivity index (χ1n) is 29.9. The van der Waals surface area contributed by atoms with Crippen molar-refractivity contribution in [2.75, 3.05) is 204 Å². The van der Waals surface area contributed by atoms with Gasteiger partial charge in [0.25, 0.3) is 0 Å². The molecule has 4 aromatic rings. The molecule has 478 valence electrons. The van der Waals surface area contributed by atoms with Crippen LogP contribution < -0.4 is 10.1 Å². The van der Waals surface area contributed by atoms with Gasteiger partial charge in [-0.3, -0.25) is 9.78 Å². The molecule has 3 aromatic carbocycles. The number of pyridine rings is 1. The van der Waals surface area contributed by atoms with Gasteiger partial charge in [0.05, 0.1) is 165 Å². The molecule has 1 saturated heterocycles. The van der Waals surface area contributed by atoms with Crippen LogP contribution in [0.2, 0.25) is 10.0 Å². The number of carbonyl (C=O) groups is 1. The summed E-state index contributed by atoms with van der Waals surface area (Å²) in [5.41, 5.74) is 5.05. The summed E-state index contributed by atoms with van der Waals surface area (Å²) in [7, 11) is -3.23. The summed E-state index contributed by atoms with van der Waals surface area (Å²) in [5, 5.41) is 5.16. The lowest BCUT2D eigenvalue weighted by atomic mass is 9.83. The smallest absolute Gasteiger partial charge is 0.222 e. The molecule has 2 heterocycles. The number of benzene rings is 3. The SMILES string of the molecule is CCCOCCCNC(=O)CCOCCOCCOCCOCCOCCOCCOCCOCCOCCOCCOCCOCCOc1cc(C(c2ccc(Cl)cc2)c2ccc(Cl)cc2)cc2c(CC3CCN(S(C)(=O)=O)CC3)ccnc12. The predicted molar refractivity (Wildman–Crippen MR) is 327 cm³/mol. The Morgan fingerprint density at radius 1 is 0.541 bits per heavy atom. The minimum atomic E-state index is -3.23. The summed E-state index contributed by atoms with van der Waals surface area (Å²) < 4.78 is 105. The molecule has 0 spiro atoms. The van der Waals surface area contributed by atoms with Crippen molar-refractivity contribution in [3.63, 3.8) is 0 Å². The number of carbonyl (C=O) groups excluding carboxylic acids is 1. The molecule has 1 aromatic heterocycles. The molecule has 20 nitrogen and oxygen atoms in total. The lowest BCUT2D eigenvalue weighted by Gasteiger charge is -2.30. The topological polar surface area (TPSA) is 209 Å². The number of sulfonamides is 1. The van der Waals surface area contributed by atoms with Crippen molar-refractivity contribution < 1.29 is 79.5 Å². The molecule has 0 radical (unpaired) electrons. The molecular formula is C62H93Cl2N3O17S.